The number of urea groups is 1. The zero-order valence-electron chi connectivity index (χ0n) is 11.4. The summed E-state index contributed by atoms with van der Waals surface area (Å²) < 4.78 is 0. The van der Waals surface area contributed by atoms with E-state index in [1.165, 1.54) is 4.90 Å². The van der Waals surface area contributed by atoms with Crippen molar-refractivity contribution in [2.24, 2.45) is 0 Å². The van der Waals surface area contributed by atoms with Crippen LogP contribution in [0.2, 0.25) is 0 Å². The van der Waals surface area contributed by atoms with Crippen LogP contribution in [0, 0.1) is 0 Å². The highest BCUT2D eigenvalue weighted by molar-refractivity contribution is 5.87. The third kappa shape index (κ3) is 2.94. The number of carboxylic acids is 1. The van der Waals surface area contributed by atoms with Crippen LogP contribution in [-0.2, 0) is 4.79 Å². The van der Waals surface area contributed by atoms with Crippen LogP contribution in [-0.4, -0.2) is 40.6 Å². The summed E-state index contributed by atoms with van der Waals surface area (Å²) in [6.07, 6.45) is 4.58. The predicted molar refractivity (Wildman–Crippen MR) is 69.5 cm³/mol. The topological polar surface area (TPSA) is 69.6 Å². The van der Waals surface area contributed by atoms with Gasteiger partial charge in [0.25, 0.3) is 0 Å². The molecular formula is C13H24N2O3. The Kier molecular flexibility index (Phi) is 5.44. The van der Waals surface area contributed by atoms with Crippen LogP contribution in [0.15, 0.2) is 0 Å². The van der Waals surface area contributed by atoms with E-state index in [1.54, 1.807) is 0 Å². The number of carbonyl (C=O) groups excluding carboxylic acids is 1. The third-order valence-electron chi connectivity index (χ3n) is 3.60. The monoisotopic (exact) mass is 256 g/mol. The Hall–Kier alpha value is -1.26. The lowest BCUT2D eigenvalue weighted by atomic mass is 9.91. The van der Waals surface area contributed by atoms with Gasteiger partial charge < -0.3 is 15.3 Å². The maximum absolute atomic E-state index is 12.1. The van der Waals surface area contributed by atoms with Gasteiger partial charge in [-0.2, -0.15) is 0 Å². The van der Waals surface area contributed by atoms with Crippen LogP contribution in [0.5, 0.6) is 0 Å². The average molecular weight is 256 g/mol. The number of carbonyl (C=O) groups is 2. The first-order valence-electron chi connectivity index (χ1n) is 6.87. The summed E-state index contributed by atoms with van der Waals surface area (Å²) in [5, 5.41) is 12.3. The normalized spacial score (nSPS) is 23.1. The lowest BCUT2D eigenvalue weighted by Crippen LogP contribution is -2.56. The van der Waals surface area contributed by atoms with Gasteiger partial charge in [-0.3, -0.25) is 0 Å². The largest absolute Gasteiger partial charge is 0.479 e. The average Bonchev–Trinajstić information content (AvgIpc) is 2.75. The summed E-state index contributed by atoms with van der Waals surface area (Å²) in [7, 11) is 0. The van der Waals surface area contributed by atoms with Gasteiger partial charge in [-0.25, -0.2) is 9.59 Å². The molecular weight excluding hydrogens is 232 g/mol. The number of aliphatic carboxylic acids is 1. The molecule has 0 aromatic carbocycles. The van der Waals surface area contributed by atoms with Crippen LogP contribution in [0.25, 0.3) is 0 Å². The Morgan fingerprint density at radius 2 is 2.06 bits per heavy atom. The van der Waals surface area contributed by atoms with E-state index in [1.807, 2.05) is 6.92 Å². The number of likely N-dealkylation sites (tertiary alicyclic amines) is 1. The fourth-order valence-corrected chi connectivity index (χ4v) is 2.64. The van der Waals surface area contributed by atoms with E-state index in [2.05, 4.69) is 12.2 Å². The Bertz CT molecular complexity index is 307. The van der Waals surface area contributed by atoms with Crippen molar-refractivity contribution < 1.29 is 14.7 Å². The quantitative estimate of drug-likeness (QED) is 0.716. The molecule has 1 aliphatic heterocycles. The molecule has 5 nitrogen and oxygen atoms in total. The molecule has 2 amide bonds. The van der Waals surface area contributed by atoms with E-state index in [0.717, 1.165) is 25.7 Å². The minimum absolute atomic E-state index is 0.225. The zero-order valence-corrected chi connectivity index (χ0v) is 11.4. The van der Waals surface area contributed by atoms with Crippen LogP contribution in [0.1, 0.15) is 52.4 Å². The number of unbranched alkanes of at least 4 members (excludes halogenated alkanes) is 1. The first kappa shape index (κ1) is 14.8. The summed E-state index contributed by atoms with van der Waals surface area (Å²) in [6.45, 7) is 5.18. The summed E-state index contributed by atoms with van der Waals surface area (Å²) in [5.74, 6) is -0.868. The van der Waals surface area contributed by atoms with E-state index >= 15 is 0 Å². The summed E-state index contributed by atoms with van der Waals surface area (Å²) in [4.78, 5) is 25.1. The van der Waals surface area contributed by atoms with Gasteiger partial charge in [-0.05, 0) is 25.7 Å². The number of nitrogens with one attached hydrogen (secondary N) is 1. The van der Waals surface area contributed by atoms with E-state index in [4.69, 9.17) is 0 Å². The SMILES string of the molecule is CCCCNC(=O)N1CCCC1(CCC)C(=O)O. The summed E-state index contributed by atoms with van der Waals surface area (Å²) >= 11 is 0. The molecule has 1 heterocycles. The predicted octanol–water partition coefficient (Wildman–Crippen LogP) is 2.22. The van der Waals surface area contributed by atoms with Gasteiger partial charge >= 0.3 is 12.0 Å². The minimum atomic E-state index is -0.981. The van der Waals surface area contributed by atoms with Gasteiger partial charge in [-0.1, -0.05) is 26.7 Å². The molecule has 1 rings (SSSR count). The second kappa shape index (κ2) is 6.61. The molecule has 0 saturated carbocycles. The van der Waals surface area contributed by atoms with Crippen LogP contribution in [0.3, 0.4) is 0 Å². The van der Waals surface area contributed by atoms with Gasteiger partial charge in [0, 0.05) is 13.1 Å². The molecule has 0 aromatic rings. The number of hydrogen-bond donors (Lipinski definition) is 2. The van der Waals surface area contributed by atoms with Crippen molar-refractivity contribution in [1.82, 2.24) is 10.2 Å². The molecule has 0 spiro atoms. The van der Waals surface area contributed by atoms with E-state index in [0.29, 0.717) is 25.9 Å². The third-order valence-corrected chi connectivity index (χ3v) is 3.60. The maximum atomic E-state index is 12.1. The van der Waals surface area contributed by atoms with Crippen molar-refractivity contribution in [1.29, 1.82) is 0 Å². The molecule has 1 saturated heterocycles. The van der Waals surface area contributed by atoms with Crippen LogP contribution in [0.4, 0.5) is 4.79 Å². The fraction of sp³-hybridized carbons (Fsp3) is 0.846. The molecule has 5 heteroatoms. The van der Waals surface area contributed by atoms with E-state index in [9.17, 15) is 14.7 Å². The molecule has 1 aliphatic rings. The Morgan fingerprint density at radius 3 is 2.61 bits per heavy atom. The van der Waals surface area contributed by atoms with Gasteiger partial charge in [0.2, 0.25) is 0 Å². The van der Waals surface area contributed by atoms with Gasteiger partial charge in [0.05, 0.1) is 0 Å². The number of hydrogen-bond acceptors (Lipinski definition) is 2. The molecule has 0 bridgehead atoms. The molecule has 1 fully saturated rings. The molecule has 0 aromatic heterocycles. The lowest BCUT2D eigenvalue weighted by molar-refractivity contribution is -0.148. The first-order chi connectivity index (χ1) is 8.58. The van der Waals surface area contributed by atoms with Crippen LogP contribution < -0.4 is 5.32 Å². The highest BCUT2D eigenvalue weighted by atomic mass is 16.4. The lowest BCUT2D eigenvalue weighted by Gasteiger charge is -2.34. The number of rotatable bonds is 6. The zero-order chi connectivity index (χ0) is 13.6. The van der Waals surface area contributed by atoms with E-state index < -0.39 is 11.5 Å². The van der Waals surface area contributed by atoms with Crippen molar-refractivity contribution in [3.8, 4) is 0 Å². The second-order valence-corrected chi connectivity index (χ2v) is 4.93. The molecule has 0 radical (unpaired) electrons. The smallest absolute Gasteiger partial charge is 0.329 e. The van der Waals surface area contributed by atoms with Crippen molar-refractivity contribution in [3.05, 3.63) is 0 Å². The maximum Gasteiger partial charge on any atom is 0.329 e. The van der Waals surface area contributed by atoms with Gasteiger partial charge in [-0.15, -0.1) is 0 Å². The molecule has 1 unspecified atom stereocenters. The molecule has 1 atom stereocenters. The second-order valence-electron chi connectivity index (χ2n) is 4.93. The fourth-order valence-electron chi connectivity index (χ4n) is 2.64. The van der Waals surface area contributed by atoms with Crippen molar-refractivity contribution in [2.45, 2.75) is 57.9 Å². The molecule has 2 N–H and O–H groups in total. The molecule has 0 aliphatic carbocycles. The van der Waals surface area contributed by atoms with Gasteiger partial charge in [0.15, 0.2) is 0 Å². The highest BCUT2D eigenvalue weighted by Gasteiger charge is 2.49. The minimum Gasteiger partial charge on any atom is -0.479 e. The van der Waals surface area contributed by atoms with Crippen molar-refractivity contribution >= 4 is 12.0 Å². The van der Waals surface area contributed by atoms with Crippen LogP contribution >= 0.6 is 0 Å². The Labute approximate surface area is 109 Å². The highest BCUT2D eigenvalue weighted by Crippen LogP contribution is 2.33. The van der Waals surface area contributed by atoms with E-state index in [-0.39, 0.29) is 6.03 Å². The number of nitrogens with zero attached hydrogens (tertiary/aromatic N) is 1. The number of amides is 2. The Morgan fingerprint density at radius 1 is 1.33 bits per heavy atom. The summed E-state index contributed by atoms with van der Waals surface area (Å²) in [6, 6.07) is -0.225. The summed E-state index contributed by atoms with van der Waals surface area (Å²) in [5.41, 5.74) is -0.981. The number of carboxylic acid groups (broad SMARTS) is 1. The van der Waals surface area contributed by atoms with Gasteiger partial charge in [0.1, 0.15) is 5.54 Å². The van der Waals surface area contributed by atoms with Crippen molar-refractivity contribution in [3.63, 3.8) is 0 Å². The Balaban J connectivity index is 2.72. The standard InChI is InChI=1S/C13H24N2O3/c1-3-5-9-14-12(18)15-10-6-8-13(15,7-4-2)11(16)17/h3-10H2,1-2H3,(H,14,18)(H,16,17). The molecule has 18 heavy (non-hydrogen) atoms. The first-order valence-corrected chi connectivity index (χ1v) is 6.87. The van der Waals surface area contributed by atoms with Crippen molar-refractivity contribution in [2.75, 3.05) is 13.1 Å². The molecule has 104 valence electrons.